The number of alkyl carbamates (subject to hydrolysis) is 1. The lowest BCUT2D eigenvalue weighted by atomic mass is 10.1. The minimum absolute atomic E-state index is 0.0903. The summed E-state index contributed by atoms with van der Waals surface area (Å²) in [6.07, 6.45) is 7.16. The first-order valence-electron chi connectivity index (χ1n) is 10.5. The minimum atomic E-state index is -1.49. The molecule has 0 aliphatic carbocycles. The van der Waals surface area contributed by atoms with Gasteiger partial charge in [-0.3, -0.25) is 9.78 Å². The maximum absolute atomic E-state index is 12.3. The first kappa shape index (κ1) is 27.3. The molecule has 0 aliphatic heterocycles. The Bertz CT molecular complexity index is 1100. The number of hydrogen-bond acceptors (Lipinski definition) is 8. The molecule has 1 heterocycles. The van der Waals surface area contributed by atoms with Crippen LogP contribution >= 0.6 is 0 Å². The summed E-state index contributed by atoms with van der Waals surface area (Å²) in [6, 6.07) is 5.60. The molecule has 2 rings (SSSR count). The van der Waals surface area contributed by atoms with Gasteiger partial charge in [0, 0.05) is 31.5 Å². The van der Waals surface area contributed by atoms with Gasteiger partial charge < -0.3 is 41.0 Å². The van der Waals surface area contributed by atoms with Gasteiger partial charge in [0.2, 0.25) is 0 Å². The number of phenolic OH excluding ortho intramolecular Hbond substituents is 1. The number of carbonyl (C=O) groups excluding carboxylic acids is 3. The molecule has 0 aliphatic rings. The molecular formula is C23H25N5O8. The van der Waals surface area contributed by atoms with E-state index in [-0.39, 0.29) is 31.1 Å². The molecule has 0 fully saturated rings. The van der Waals surface area contributed by atoms with E-state index in [9.17, 15) is 29.4 Å². The largest absolute Gasteiger partial charge is 0.507 e. The number of terminal acetylenes is 1. The SMILES string of the molecule is C#CCOC(=O)N[C@@H](CNC(=O)c1ccc(OCCNC(=O)NCc2cccnc2)cc1O)C(=O)O. The van der Waals surface area contributed by atoms with Crippen LogP contribution in [0.25, 0.3) is 0 Å². The summed E-state index contributed by atoms with van der Waals surface area (Å²) >= 11 is 0. The minimum Gasteiger partial charge on any atom is -0.507 e. The summed E-state index contributed by atoms with van der Waals surface area (Å²) in [6.45, 7) is -0.243. The summed E-state index contributed by atoms with van der Waals surface area (Å²) in [4.78, 5) is 50.8. The first-order chi connectivity index (χ1) is 17.3. The van der Waals surface area contributed by atoms with Crippen LogP contribution in [0.4, 0.5) is 9.59 Å². The number of aliphatic carboxylic acids is 1. The first-order valence-corrected chi connectivity index (χ1v) is 10.5. The molecule has 4 amide bonds. The number of carbonyl (C=O) groups is 4. The molecule has 2 aromatic rings. The summed E-state index contributed by atoms with van der Waals surface area (Å²) in [5, 5.41) is 29.0. The molecule has 0 radical (unpaired) electrons. The lowest BCUT2D eigenvalue weighted by molar-refractivity contribution is -0.139. The highest BCUT2D eigenvalue weighted by molar-refractivity contribution is 5.97. The molecule has 13 heteroatoms. The number of phenols is 1. The van der Waals surface area contributed by atoms with Crippen LogP contribution < -0.4 is 26.0 Å². The Morgan fingerprint density at radius 3 is 2.61 bits per heavy atom. The number of nitrogens with zero attached hydrogens (tertiary/aromatic N) is 1. The molecule has 0 saturated heterocycles. The second-order valence-corrected chi connectivity index (χ2v) is 7.02. The van der Waals surface area contributed by atoms with Gasteiger partial charge in [-0.1, -0.05) is 12.0 Å². The third-order valence-electron chi connectivity index (χ3n) is 4.39. The predicted molar refractivity (Wildman–Crippen MR) is 125 cm³/mol. The third kappa shape index (κ3) is 9.48. The number of carboxylic acid groups (broad SMARTS) is 1. The molecule has 13 nitrogen and oxygen atoms in total. The topological polar surface area (TPSA) is 188 Å². The van der Waals surface area contributed by atoms with Crippen LogP contribution in [0.3, 0.4) is 0 Å². The van der Waals surface area contributed by atoms with E-state index in [1.54, 1.807) is 18.5 Å². The van der Waals surface area contributed by atoms with E-state index in [1.165, 1.54) is 18.2 Å². The zero-order valence-corrected chi connectivity index (χ0v) is 19.0. The Balaban J connectivity index is 1.76. The summed E-state index contributed by atoms with van der Waals surface area (Å²) in [5.74, 6) is -0.322. The molecule has 190 valence electrons. The van der Waals surface area contributed by atoms with Crippen molar-refractivity contribution in [1.29, 1.82) is 0 Å². The van der Waals surface area contributed by atoms with Crippen molar-refractivity contribution in [1.82, 2.24) is 26.3 Å². The van der Waals surface area contributed by atoms with Crippen LogP contribution in [0.15, 0.2) is 42.7 Å². The zero-order valence-electron chi connectivity index (χ0n) is 19.0. The van der Waals surface area contributed by atoms with Crippen LogP contribution in [0.5, 0.6) is 11.5 Å². The second kappa shape index (κ2) is 14.3. The zero-order chi connectivity index (χ0) is 26.3. The van der Waals surface area contributed by atoms with Crippen molar-refractivity contribution in [2.24, 2.45) is 0 Å². The van der Waals surface area contributed by atoms with Crippen molar-refractivity contribution in [3.8, 4) is 23.8 Å². The summed E-state index contributed by atoms with van der Waals surface area (Å²) < 4.78 is 9.98. The molecule has 0 bridgehead atoms. The van der Waals surface area contributed by atoms with Crippen LogP contribution in [-0.2, 0) is 16.1 Å². The van der Waals surface area contributed by atoms with E-state index in [4.69, 9.17) is 11.2 Å². The van der Waals surface area contributed by atoms with Crippen molar-refractivity contribution in [2.75, 3.05) is 26.3 Å². The lowest BCUT2D eigenvalue weighted by Crippen LogP contribution is -2.48. The number of benzene rings is 1. The number of aromatic nitrogens is 1. The number of urea groups is 1. The summed E-state index contributed by atoms with van der Waals surface area (Å²) in [7, 11) is 0. The fourth-order valence-electron chi connectivity index (χ4n) is 2.66. The Kier molecular flexibility index (Phi) is 10.8. The number of pyridine rings is 1. The molecular weight excluding hydrogens is 474 g/mol. The number of amides is 4. The standard InChI is InChI=1S/C23H25N5O8/c1-2-9-36-23(34)28-18(21(31)32)14-26-20(30)17-6-5-16(11-19(17)29)35-10-8-25-22(33)27-13-15-4-3-7-24-12-15/h1,3-7,11-12,18,29H,8-10,13-14H2,(H,26,30)(H,28,34)(H,31,32)(H2,25,27,33)/t18-/m0/s1. The van der Waals surface area contributed by atoms with Gasteiger partial charge in [0.1, 0.15) is 24.1 Å². The summed E-state index contributed by atoms with van der Waals surface area (Å²) in [5.41, 5.74) is 0.704. The smallest absolute Gasteiger partial charge is 0.408 e. The highest BCUT2D eigenvalue weighted by Gasteiger charge is 2.22. The highest BCUT2D eigenvalue weighted by atomic mass is 16.5. The maximum atomic E-state index is 12.3. The van der Waals surface area contributed by atoms with E-state index in [1.807, 2.05) is 11.4 Å². The number of ether oxygens (including phenoxy) is 2. The van der Waals surface area contributed by atoms with Crippen molar-refractivity contribution in [3.05, 3.63) is 53.9 Å². The molecule has 0 saturated carbocycles. The van der Waals surface area contributed by atoms with Crippen molar-refractivity contribution in [2.45, 2.75) is 12.6 Å². The fraction of sp³-hybridized carbons (Fsp3) is 0.261. The molecule has 1 aromatic carbocycles. The molecule has 6 N–H and O–H groups in total. The molecule has 1 aromatic heterocycles. The van der Waals surface area contributed by atoms with E-state index in [0.717, 1.165) is 5.56 Å². The van der Waals surface area contributed by atoms with Gasteiger partial charge in [0.25, 0.3) is 5.91 Å². The molecule has 0 spiro atoms. The second-order valence-electron chi connectivity index (χ2n) is 7.02. The molecule has 36 heavy (non-hydrogen) atoms. The van der Waals surface area contributed by atoms with E-state index >= 15 is 0 Å². The number of carboxylic acids is 1. The van der Waals surface area contributed by atoms with Crippen LogP contribution in [0.2, 0.25) is 0 Å². The van der Waals surface area contributed by atoms with Gasteiger partial charge in [0.15, 0.2) is 6.61 Å². The van der Waals surface area contributed by atoms with Gasteiger partial charge in [-0.05, 0) is 23.8 Å². The lowest BCUT2D eigenvalue weighted by Gasteiger charge is -2.15. The Morgan fingerprint density at radius 1 is 1.14 bits per heavy atom. The Hall–Kier alpha value is -4.99. The maximum Gasteiger partial charge on any atom is 0.408 e. The van der Waals surface area contributed by atoms with Crippen molar-refractivity contribution >= 4 is 24.0 Å². The van der Waals surface area contributed by atoms with Crippen LogP contribution in [0.1, 0.15) is 15.9 Å². The monoisotopic (exact) mass is 499 g/mol. The number of rotatable bonds is 12. The Labute approximate surface area is 206 Å². The number of nitrogens with one attached hydrogen (secondary N) is 4. The van der Waals surface area contributed by atoms with Gasteiger partial charge in [-0.25, -0.2) is 14.4 Å². The third-order valence-corrected chi connectivity index (χ3v) is 4.39. The van der Waals surface area contributed by atoms with Gasteiger partial charge in [-0.15, -0.1) is 6.42 Å². The van der Waals surface area contributed by atoms with E-state index in [2.05, 4.69) is 31.6 Å². The van der Waals surface area contributed by atoms with Gasteiger partial charge >= 0.3 is 18.1 Å². The average Bonchev–Trinajstić information content (AvgIpc) is 2.86. The van der Waals surface area contributed by atoms with E-state index in [0.29, 0.717) is 6.54 Å². The van der Waals surface area contributed by atoms with Gasteiger partial charge in [-0.2, -0.15) is 0 Å². The average molecular weight is 499 g/mol. The molecule has 0 unspecified atom stereocenters. The van der Waals surface area contributed by atoms with E-state index < -0.39 is 42.3 Å². The quantitative estimate of drug-likeness (QED) is 0.175. The number of hydrogen-bond donors (Lipinski definition) is 6. The van der Waals surface area contributed by atoms with Crippen LogP contribution in [0, 0.1) is 12.3 Å². The molecule has 1 atom stereocenters. The van der Waals surface area contributed by atoms with Crippen LogP contribution in [-0.4, -0.2) is 71.5 Å². The number of aromatic hydroxyl groups is 1. The van der Waals surface area contributed by atoms with Gasteiger partial charge in [0.05, 0.1) is 12.1 Å². The highest BCUT2D eigenvalue weighted by Crippen LogP contribution is 2.23. The predicted octanol–water partition coefficient (Wildman–Crippen LogP) is 0.208. The Morgan fingerprint density at radius 2 is 1.94 bits per heavy atom. The normalized spacial score (nSPS) is 10.8. The van der Waals surface area contributed by atoms with Crippen molar-refractivity contribution < 1.29 is 38.9 Å². The fourth-order valence-corrected chi connectivity index (χ4v) is 2.66. The van der Waals surface area contributed by atoms with Crippen molar-refractivity contribution in [3.63, 3.8) is 0 Å².